The van der Waals surface area contributed by atoms with E-state index < -0.39 is 5.97 Å². The molecule has 0 aliphatic heterocycles. The molecule has 0 saturated heterocycles. The molecule has 1 N–H and O–H groups in total. The highest BCUT2D eigenvalue weighted by Crippen LogP contribution is 2.30. The molecule has 0 amide bonds. The first-order valence-electron chi connectivity index (χ1n) is 7.37. The molecule has 0 radical (unpaired) electrons. The average Bonchev–Trinajstić information content (AvgIpc) is 2.48. The van der Waals surface area contributed by atoms with E-state index in [0.29, 0.717) is 12.4 Å². The van der Waals surface area contributed by atoms with Gasteiger partial charge in [0.25, 0.3) is 0 Å². The van der Waals surface area contributed by atoms with Gasteiger partial charge in [0.1, 0.15) is 5.75 Å². The Labute approximate surface area is 134 Å². The van der Waals surface area contributed by atoms with E-state index in [1.165, 1.54) is 12.1 Å². The summed E-state index contributed by atoms with van der Waals surface area (Å²) in [5, 5.41) is 9.09. The summed E-state index contributed by atoms with van der Waals surface area (Å²) < 4.78 is 10.9. The molecule has 1 aliphatic rings. The molecule has 1 fully saturated rings. The fourth-order valence-corrected chi connectivity index (χ4v) is 2.86. The molecule has 0 atom stereocenters. The number of carbonyl (C=O) groups is 2. The summed E-state index contributed by atoms with van der Waals surface area (Å²) in [5.74, 6) is -0.686. The first-order valence-corrected chi connectivity index (χ1v) is 7.75. The van der Waals surface area contributed by atoms with E-state index in [2.05, 4.69) is 0 Å². The van der Waals surface area contributed by atoms with E-state index in [4.69, 9.17) is 26.2 Å². The zero-order valence-electron chi connectivity index (χ0n) is 12.4. The molecule has 5 nitrogen and oxygen atoms in total. The molecule has 1 aromatic rings. The summed E-state index contributed by atoms with van der Waals surface area (Å²) in [6.07, 6.45) is 3.02. The first kappa shape index (κ1) is 16.6. The van der Waals surface area contributed by atoms with E-state index in [-0.39, 0.29) is 28.6 Å². The van der Waals surface area contributed by atoms with Crippen LogP contribution in [0.1, 0.15) is 43.0 Å². The number of esters is 1. The Kier molecular flexibility index (Phi) is 5.66. The van der Waals surface area contributed by atoms with Gasteiger partial charge in [-0.1, -0.05) is 11.6 Å². The maximum Gasteiger partial charge on any atom is 0.337 e. The van der Waals surface area contributed by atoms with Crippen molar-refractivity contribution < 1.29 is 24.2 Å². The van der Waals surface area contributed by atoms with E-state index in [0.717, 1.165) is 25.7 Å². The number of rotatable bonds is 5. The topological polar surface area (TPSA) is 72.8 Å². The number of carboxylic acids is 1. The molecule has 1 aliphatic carbocycles. The second-order valence-corrected chi connectivity index (χ2v) is 5.70. The Morgan fingerprint density at radius 2 is 1.95 bits per heavy atom. The minimum absolute atomic E-state index is 0.0115. The lowest BCUT2D eigenvalue weighted by atomic mass is 9.87. The maximum atomic E-state index is 11.7. The second-order valence-electron chi connectivity index (χ2n) is 5.29. The number of halogens is 1. The van der Waals surface area contributed by atoms with Gasteiger partial charge in [-0.15, -0.1) is 0 Å². The summed E-state index contributed by atoms with van der Waals surface area (Å²) >= 11 is 5.92. The largest absolute Gasteiger partial charge is 0.490 e. The SMILES string of the molecule is CCOC(=O)C1CCC(Oc2ccc(C(=O)O)c(Cl)c2)CC1. The monoisotopic (exact) mass is 326 g/mol. The van der Waals surface area contributed by atoms with Crippen LogP contribution in [0.2, 0.25) is 5.02 Å². The van der Waals surface area contributed by atoms with Gasteiger partial charge in [-0.2, -0.15) is 0 Å². The zero-order chi connectivity index (χ0) is 16.1. The van der Waals surface area contributed by atoms with Gasteiger partial charge < -0.3 is 14.6 Å². The molecular weight excluding hydrogens is 308 g/mol. The first-order chi connectivity index (χ1) is 10.5. The molecule has 0 bridgehead atoms. The minimum atomic E-state index is -1.06. The third-order valence-electron chi connectivity index (χ3n) is 3.77. The van der Waals surface area contributed by atoms with Crippen LogP contribution in [0.25, 0.3) is 0 Å². The molecule has 0 aromatic heterocycles. The third kappa shape index (κ3) is 4.13. The highest BCUT2D eigenvalue weighted by Gasteiger charge is 2.28. The lowest BCUT2D eigenvalue weighted by molar-refractivity contribution is -0.149. The number of hydrogen-bond donors (Lipinski definition) is 1. The zero-order valence-corrected chi connectivity index (χ0v) is 13.1. The molecule has 1 aromatic carbocycles. The number of carbonyl (C=O) groups excluding carboxylic acids is 1. The van der Waals surface area contributed by atoms with Crippen LogP contribution in [-0.4, -0.2) is 29.8 Å². The van der Waals surface area contributed by atoms with Crippen molar-refractivity contribution in [3.05, 3.63) is 28.8 Å². The van der Waals surface area contributed by atoms with Crippen LogP contribution in [0.5, 0.6) is 5.75 Å². The van der Waals surface area contributed by atoms with Crippen LogP contribution >= 0.6 is 11.6 Å². The third-order valence-corrected chi connectivity index (χ3v) is 4.08. The minimum Gasteiger partial charge on any atom is -0.490 e. The van der Waals surface area contributed by atoms with Gasteiger partial charge in [0.05, 0.1) is 29.2 Å². The smallest absolute Gasteiger partial charge is 0.337 e. The summed E-state index contributed by atoms with van der Waals surface area (Å²) in [6, 6.07) is 4.56. The Morgan fingerprint density at radius 3 is 2.50 bits per heavy atom. The van der Waals surface area contributed by atoms with Gasteiger partial charge in [0.2, 0.25) is 0 Å². The van der Waals surface area contributed by atoms with Crippen LogP contribution in [0, 0.1) is 5.92 Å². The lowest BCUT2D eigenvalue weighted by Gasteiger charge is -2.27. The molecule has 0 spiro atoms. The van der Waals surface area contributed by atoms with Crippen molar-refractivity contribution in [1.82, 2.24) is 0 Å². The van der Waals surface area contributed by atoms with Crippen molar-refractivity contribution in [3.63, 3.8) is 0 Å². The van der Waals surface area contributed by atoms with E-state index in [1.54, 1.807) is 13.0 Å². The van der Waals surface area contributed by atoms with Crippen molar-refractivity contribution >= 4 is 23.5 Å². The fraction of sp³-hybridized carbons (Fsp3) is 0.500. The number of aromatic carboxylic acids is 1. The molecule has 0 heterocycles. The van der Waals surface area contributed by atoms with Crippen LogP contribution in [-0.2, 0) is 9.53 Å². The Bertz CT molecular complexity index is 549. The van der Waals surface area contributed by atoms with Gasteiger partial charge in [-0.3, -0.25) is 4.79 Å². The summed E-state index contributed by atoms with van der Waals surface area (Å²) in [6.45, 7) is 2.21. The van der Waals surface area contributed by atoms with Gasteiger partial charge in [0, 0.05) is 0 Å². The molecular formula is C16H19ClO5. The fourth-order valence-electron chi connectivity index (χ4n) is 2.61. The molecule has 22 heavy (non-hydrogen) atoms. The van der Waals surface area contributed by atoms with Crippen molar-refractivity contribution in [2.75, 3.05) is 6.61 Å². The summed E-state index contributed by atoms with van der Waals surface area (Å²) in [7, 11) is 0. The average molecular weight is 327 g/mol. The molecule has 0 unspecified atom stereocenters. The Balaban J connectivity index is 1.90. The van der Waals surface area contributed by atoms with Gasteiger partial charge in [-0.25, -0.2) is 4.79 Å². The molecule has 2 rings (SSSR count). The quantitative estimate of drug-likeness (QED) is 0.838. The van der Waals surface area contributed by atoms with Crippen LogP contribution in [0.15, 0.2) is 18.2 Å². The van der Waals surface area contributed by atoms with Crippen LogP contribution < -0.4 is 4.74 Å². The van der Waals surface area contributed by atoms with Crippen molar-refractivity contribution in [3.8, 4) is 5.75 Å². The Morgan fingerprint density at radius 1 is 1.27 bits per heavy atom. The van der Waals surface area contributed by atoms with Gasteiger partial charge >= 0.3 is 11.9 Å². The van der Waals surface area contributed by atoms with Crippen LogP contribution in [0.3, 0.4) is 0 Å². The van der Waals surface area contributed by atoms with Gasteiger partial charge in [0.15, 0.2) is 0 Å². The number of hydrogen-bond acceptors (Lipinski definition) is 4. The summed E-state index contributed by atoms with van der Waals surface area (Å²) in [5.41, 5.74) is 0.0556. The molecule has 6 heteroatoms. The number of ether oxygens (including phenoxy) is 2. The normalized spacial score (nSPS) is 21.2. The van der Waals surface area contributed by atoms with Crippen LogP contribution in [0.4, 0.5) is 0 Å². The summed E-state index contributed by atoms with van der Waals surface area (Å²) in [4.78, 5) is 22.6. The number of benzene rings is 1. The predicted octanol–water partition coefficient (Wildman–Crippen LogP) is 3.54. The number of carboxylic acid groups (broad SMARTS) is 1. The highest BCUT2D eigenvalue weighted by molar-refractivity contribution is 6.33. The predicted molar refractivity (Wildman–Crippen MR) is 81.4 cm³/mol. The molecule has 120 valence electrons. The standard InChI is InChI=1S/C16H19ClO5/c1-2-21-16(20)10-3-5-11(6-4-10)22-12-7-8-13(15(18)19)14(17)9-12/h7-11H,2-6H2,1H3,(H,18,19). The lowest BCUT2D eigenvalue weighted by Crippen LogP contribution is -2.29. The van der Waals surface area contributed by atoms with E-state index in [9.17, 15) is 9.59 Å². The van der Waals surface area contributed by atoms with E-state index >= 15 is 0 Å². The molecule has 1 saturated carbocycles. The van der Waals surface area contributed by atoms with E-state index in [1.807, 2.05) is 0 Å². The maximum absolute atomic E-state index is 11.7. The highest BCUT2D eigenvalue weighted by atomic mass is 35.5. The van der Waals surface area contributed by atoms with Gasteiger partial charge in [-0.05, 0) is 50.8 Å². The van der Waals surface area contributed by atoms with Crippen molar-refractivity contribution in [2.24, 2.45) is 5.92 Å². The van der Waals surface area contributed by atoms with Crippen molar-refractivity contribution in [1.29, 1.82) is 0 Å². The Hall–Kier alpha value is -1.75. The van der Waals surface area contributed by atoms with Crippen molar-refractivity contribution in [2.45, 2.75) is 38.7 Å². The second kappa shape index (κ2) is 7.49.